The summed E-state index contributed by atoms with van der Waals surface area (Å²) in [5.74, 6) is -0.465. The molecular formula is C20H17F3O6S2. The first-order chi connectivity index (χ1) is 14.6. The topological polar surface area (TPSA) is 78.9 Å². The largest absolute Gasteiger partial charge is 0.534 e. The van der Waals surface area contributed by atoms with Crippen LogP contribution in [-0.2, 0) is 32.7 Å². The quantitative estimate of drug-likeness (QED) is 0.265. The minimum absolute atomic E-state index is 0.00778. The lowest BCUT2D eigenvalue weighted by atomic mass is 10.1. The van der Waals surface area contributed by atoms with Crippen LogP contribution in [0.3, 0.4) is 0 Å². The van der Waals surface area contributed by atoms with Gasteiger partial charge in [0.2, 0.25) is 0 Å². The fraction of sp³-hybridized carbons (Fsp3) is 0.250. The van der Waals surface area contributed by atoms with Crippen LogP contribution >= 0.6 is 11.3 Å². The first kappa shape index (κ1) is 22.9. The molecule has 0 amide bonds. The zero-order valence-electron chi connectivity index (χ0n) is 16.1. The Morgan fingerprint density at radius 3 is 2.55 bits per heavy atom. The lowest BCUT2D eigenvalue weighted by molar-refractivity contribution is -0.142. The van der Waals surface area contributed by atoms with E-state index >= 15 is 0 Å². The number of hydrogen-bond acceptors (Lipinski definition) is 7. The predicted octanol–water partition coefficient (Wildman–Crippen LogP) is 4.81. The van der Waals surface area contributed by atoms with Crippen molar-refractivity contribution in [1.82, 2.24) is 0 Å². The van der Waals surface area contributed by atoms with Crippen LogP contribution in [-0.4, -0.2) is 26.5 Å². The summed E-state index contributed by atoms with van der Waals surface area (Å²) < 4.78 is 76.7. The van der Waals surface area contributed by atoms with E-state index in [9.17, 15) is 26.4 Å². The van der Waals surface area contributed by atoms with Crippen LogP contribution in [0.15, 0.2) is 47.8 Å². The number of halogens is 3. The fourth-order valence-corrected chi connectivity index (χ4v) is 4.06. The summed E-state index contributed by atoms with van der Waals surface area (Å²) in [6, 6.07) is 11.1. The SMILES string of the molecule is CCOC(=O)Cc1ccccc1OCc1cc(OS(=O)(=O)C(F)(F)F)c2ccsc2c1. The number of thiophene rings is 1. The standard InChI is InChI=1S/C20H17F3O6S2/c1-2-27-19(24)11-14-5-3-4-6-16(14)28-12-13-9-17(15-7-8-30-18(15)10-13)29-31(25,26)20(21,22)23/h3-10H,2,11-12H2,1H3. The van der Waals surface area contributed by atoms with E-state index in [4.69, 9.17) is 9.47 Å². The molecule has 0 radical (unpaired) electrons. The van der Waals surface area contributed by atoms with Gasteiger partial charge in [0, 0.05) is 15.6 Å². The van der Waals surface area contributed by atoms with Gasteiger partial charge in [-0.25, -0.2) is 0 Å². The molecule has 0 aliphatic carbocycles. The molecule has 0 aliphatic rings. The van der Waals surface area contributed by atoms with E-state index in [0.29, 0.717) is 21.6 Å². The minimum atomic E-state index is -5.82. The molecular weight excluding hydrogens is 457 g/mol. The van der Waals surface area contributed by atoms with E-state index in [1.165, 1.54) is 23.5 Å². The summed E-state index contributed by atoms with van der Waals surface area (Å²) in [4.78, 5) is 11.8. The summed E-state index contributed by atoms with van der Waals surface area (Å²) in [6.45, 7) is 1.85. The molecule has 1 heterocycles. The van der Waals surface area contributed by atoms with Gasteiger partial charge in [0.1, 0.15) is 12.4 Å². The van der Waals surface area contributed by atoms with Crippen LogP contribution in [0, 0.1) is 0 Å². The number of fused-ring (bicyclic) bond motifs is 1. The molecule has 11 heteroatoms. The Balaban J connectivity index is 1.85. The second kappa shape index (κ2) is 9.15. The van der Waals surface area contributed by atoms with Crippen LogP contribution in [0.5, 0.6) is 11.5 Å². The van der Waals surface area contributed by atoms with Gasteiger partial charge < -0.3 is 13.7 Å². The van der Waals surface area contributed by atoms with Gasteiger partial charge in [-0.15, -0.1) is 11.3 Å². The number of esters is 1. The zero-order valence-corrected chi connectivity index (χ0v) is 17.8. The van der Waals surface area contributed by atoms with Gasteiger partial charge in [0.15, 0.2) is 5.75 Å². The van der Waals surface area contributed by atoms with E-state index in [1.807, 2.05) is 0 Å². The van der Waals surface area contributed by atoms with E-state index < -0.39 is 27.3 Å². The van der Waals surface area contributed by atoms with Crippen molar-refractivity contribution in [1.29, 1.82) is 0 Å². The molecule has 3 rings (SSSR count). The van der Waals surface area contributed by atoms with Crippen molar-refractivity contribution in [2.24, 2.45) is 0 Å². The van der Waals surface area contributed by atoms with Crippen LogP contribution in [0.2, 0.25) is 0 Å². The molecule has 3 aromatic rings. The van der Waals surface area contributed by atoms with Gasteiger partial charge in [-0.1, -0.05) is 18.2 Å². The third-order valence-corrected chi connectivity index (χ3v) is 5.91. The Morgan fingerprint density at radius 2 is 1.84 bits per heavy atom. The molecule has 0 N–H and O–H groups in total. The Bertz CT molecular complexity index is 1190. The summed E-state index contributed by atoms with van der Waals surface area (Å²) in [7, 11) is -5.82. The highest BCUT2D eigenvalue weighted by atomic mass is 32.2. The fourth-order valence-electron chi connectivity index (χ4n) is 2.73. The normalized spacial score (nSPS) is 12.0. The maximum Gasteiger partial charge on any atom is 0.534 e. The molecule has 0 unspecified atom stereocenters. The van der Waals surface area contributed by atoms with Crippen LogP contribution in [0.25, 0.3) is 10.1 Å². The maximum absolute atomic E-state index is 12.7. The number of hydrogen-bond donors (Lipinski definition) is 0. The van der Waals surface area contributed by atoms with Gasteiger partial charge >= 0.3 is 21.6 Å². The maximum atomic E-state index is 12.7. The number of benzene rings is 2. The van der Waals surface area contributed by atoms with E-state index in [2.05, 4.69) is 4.18 Å². The molecule has 6 nitrogen and oxygen atoms in total. The molecule has 1 aromatic heterocycles. The van der Waals surface area contributed by atoms with Crippen LogP contribution in [0.4, 0.5) is 13.2 Å². The van der Waals surface area contributed by atoms with Crippen LogP contribution in [0.1, 0.15) is 18.1 Å². The van der Waals surface area contributed by atoms with Gasteiger partial charge in [-0.2, -0.15) is 21.6 Å². The monoisotopic (exact) mass is 474 g/mol. The summed E-state index contributed by atoms with van der Waals surface area (Å²) >= 11 is 1.22. The molecule has 0 saturated heterocycles. The number of ether oxygens (including phenoxy) is 2. The molecule has 0 aliphatic heterocycles. The van der Waals surface area contributed by atoms with E-state index in [0.717, 1.165) is 0 Å². The van der Waals surface area contributed by atoms with Gasteiger partial charge in [0.05, 0.1) is 13.0 Å². The van der Waals surface area contributed by atoms with Crippen molar-refractivity contribution in [3.05, 3.63) is 59.0 Å². The lowest BCUT2D eigenvalue weighted by Gasteiger charge is -2.14. The number of rotatable bonds is 8. The Morgan fingerprint density at radius 1 is 1.10 bits per heavy atom. The summed E-state index contributed by atoms with van der Waals surface area (Å²) in [6.07, 6.45) is -0.00778. The predicted molar refractivity (Wildman–Crippen MR) is 109 cm³/mol. The highest BCUT2D eigenvalue weighted by molar-refractivity contribution is 7.88. The van der Waals surface area contributed by atoms with Gasteiger partial charge in [-0.3, -0.25) is 4.79 Å². The molecule has 0 saturated carbocycles. The van der Waals surface area contributed by atoms with Crippen molar-refractivity contribution in [2.75, 3.05) is 6.61 Å². The number of alkyl halides is 3. The molecule has 166 valence electrons. The second-order valence-electron chi connectivity index (χ2n) is 6.29. The molecule has 0 atom stereocenters. The molecule has 2 aromatic carbocycles. The summed E-state index contributed by atoms with van der Waals surface area (Å²) in [5, 5.41) is 1.85. The zero-order chi connectivity index (χ0) is 22.6. The van der Waals surface area contributed by atoms with Gasteiger partial charge in [0.25, 0.3) is 0 Å². The van der Waals surface area contributed by atoms with Crippen molar-refractivity contribution in [2.45, 2.75) is 25.5 Å². The average Bonchev–Trinajstić information content (AvgIpc) is 3.15. The molecule has 31 heavy (non-hydrogen) atoms. The van der Waals surface area contributed by atoms with Crippen molar-refractivity contribution in [3.8, 4) is 11.5 Å². The number of carbonyl (C=O) groups excluding carboxylic acids is 1. The average molecular weight is 474 g/mol. The third-order valence-electron chi connectivity index (χ3n) is 4.08. The lowest BCUT2D eigenvalue weighted by Crippen LogP contribution is -2.28. The third kappa shape index (κ3) is 5.47. The first-order valence-electron chi connectivity index (χ1n) is 8.98. The van der Waals surface area contributed by atoms with E-state index in [-0.39, 0.29) is 25.0 Å². The smallest absolute Gasteiger partial charge is 0.489 e. The number of para-hydroxylation sites is 1. The van der Waals surface area contributed by atoms with Crippen molar-refractivity contribution >= 4 is 37.5 Å². The minimum Gasteiger partial charge on any atom is -0.489 e. The Labute approximate surface area is 180 Å². The highest BCUT2D eigenvalue weighted by Crippen LogP contribution is 2.35. The van der Waals surface area contributed by atoms with Crippen molar-refractivity contribution in [3.63, 3.8) is 0 Å². The summed E-state index contributed by atoms with van der Waals surface area (Å²) in [5.41, 5.74) is -4.57. The van der Waals surface area contributed by atoms with Gasteiger partial charge in [-0.05, 0) is 42.1 Å². The second-order valence-corrected chi connectivity index (χ2v) is 8.77. The first-order valence-corrected chi connectivity index (χ1v) is 11.3. The van der Waals surface area contributed by atoms with Crippen LogP contribution < -0.4 is 8.92 Å². The molecule has 0 bridgehead atoms. The van der Waals surface area contributed by atoms with Crippen molar-refractivity contribution < 1.29 is 40.0 Å². The highest BCUT2D eigenvalue weighted by Gasteiger charge is 2.48. The molecule has 0 spiro atoms. The molecule has 0 fully saturated rings. The Kier molecular flexibility index (Phi) is 6.75. The Hall–Kier alpha value is -2.79. The number of carbonyl (C=O) groups is 1. The van der Waals surface area contributed by atoms with E-state index in [1.54, 1.807) is 42.6 Å².